The fraction of sp³-hybridized carbons (Fsp3) is 0.0833. The van der Waals surface area contributed by atoms with Crippen LogP contribution in [0.15, 0.2) is 36.7 Å². The lowest BCUT2D eigenvalue weighted by atomic mass is 10.2. The number of hydrogen-bond donors (Lipinski definition) is 1. The zero-order valence-corrected chi connectivity index (χ0v) is 9.78. The Hall–Kier alpha value is -3.01. The highest BCUT2D eigenvalue weighted by molar-refractivity contribution is 5.49. The number of rotatable bonds is 4. The third-order valence-electron chi connectivity index (χ3n) is 2.44. The number of nitro benzene ring substituents is 1. The first-order valence-electron chi connectivity index (χ1n) is 5.39. The fourth-order valence-corrected chi connectivity index (χ4v) is 1.57. The molecule has 0 atom stereocenters. The van der Waals surface area contributed by atoms with Gasteiger partial charge in [-0.1, -0.05) is 18.2 Å². The average molecular weight is 255 g/mol. The Kier molecular flexibility index (Phi) is 3.64. The second kappa shape index (κ2) is 5.55. The number of nitro groups is 1. The Morgan fingerprint density at radius 2 is 2.05 bits per heavy atom. The van der Waals surface area contributed by atoms with Crippen LogP contribution >= 0.6 is 0 Å². The molecule has 2 rings (SSSR count). The van der Waals surface area contributed by atoms with E-state index in [-0.39, 0.29) is 17.9 Å². The molecule has 0 radical (unpaired) electrons. The smallest absolute Gasteiger partial charge is 0.274 e. The summed E-state index contributed by atoms with van der Waals surface area (Å²) in [5.74, 6) is 0.308. The first-order valence-corrected chi connectivity index (χ1v) is 5.39. The van der Waals surface area contributed by atoms with E-state index in [1.54, 1.807) is 18.2 Å². The number of anilines is 1. The van der Waals surface area contributed by atoms with Crippen LogP contribution in [0.3, 0.4) is 0 Å². The molecule has 0 aliphatic heterocycles. The maximum absolute atomic E-state index is 10.9. The zero-order chi connectivity index (χ0) is 13.7. The summed E-state index contributed by atoms with van der Waals surface area (Å²) in [5.41, 5.74) is 0.695. The molecule has 0 amide bonds. The molecular weight excluding hydrogens is 246 g/mol. The molecule has 0 aliphatic carbocycles. The van der Waals surface area contributed by atoms with Crippen molar-refractivity contribution < 1.29 is 4.92 Å². The van der Waals surface area contributed by atoms with Crippen molar-refractivity contribution in [2.24, 2.45) is 0 Å². The van der Waals surface area contributed by atoms with Crippen LogP contribution in [0.2, 0.25) is 0 Å². The number of nitriles is 1. The third kappa shape index (κ3) is 2.81. The van der Waals surface area contributed by atoms with Gasteiger partial charge in [-0.2, -0.15) is 5.26 Å². The maximum atomic E-state index is 10.9. The monoisotopic (exact) mass is 255 g/mol. The van der Waals surface area contributed by atoms with Gasteiger partial charge in [0.15, 0.2) is 11.5 Å². The molecule has 0 saturated carbocycles. The molecule has 7 nitrogen and oxygen atoms in total. The summed E-state index contributed by atoms with van der Waals surface area (Å²) in [6.45, 7) is 0.199. The summed E-state index contributed by atoms with van der Waals surface area (Å²) in [7, 11) is 0. The Morgan fingerprint density at radius 1 is 1.32 bits per heavy atom. The molecule has 0 bridgehead atoms. The third-order valence-corrected chi connectivity index (χ3v) is 2.44. The summed E-state index contributed by atoms with van der Waals surface area (Å²) in [6.07, 6.45) is 2.86. The summed E-state index contributed by atoms with van der Waals surface area (Å²) >= 11 is 0. The molecular formula is C12H9N5O2. The van der Waals surface area contributed by atoms with Crippen molar-refractivity contribution in [2.75, 3.05) is 5.32 Å². The van der Waals surface area contributed by atoms with Crippen LogP contribution in [-0.2, 0) is 6.54 Å². The van der Waals surface area contributed by atoms with E-state index >= 15 is 0 Å². The van der Waals surface area contributed by atoms with Crippen molar-refractivity contribution in [3.63, 3.8) is 0 Å². The molecule has 1 aromatic heterocycles. The van der Waals surface area contributed by atoms with Crippen molar-refractivity contribution in [2.45, 2.75) is 6.54 Å². The van der Waals surface area contributed by atoms with Gasteiger partial charge < -0.3 is 5.32 Å². The summed E-state index contributed by atoms with van der Waals surface area (Å²) in [4.78, 5) is 18.2. The first kappa shape index (κ1) is 12.4. The molecule has 19 heavy (non-hydrogen) atoms. The zero-order valence-electron chi connectivity index (χ0n) is 9.78. The summed E-state index contributed by atoms with van der Waals surface area (Å²) in [6, 6.07) is 8.29. The molecule has 0 aliphatic rings. The molecule has 94 valence electrons. The highest BCUT2D eigenvalue weighted by atomic mass is 16.6. The van der Waals surface area contributed by atoms with E-state index in [2.05, 4.69) is 15.3 Å². The predicted octanol–water partition coefficient (Wildman–Crippen LogP) is 1.87. The molecule has 1 aromatic carbocycles. The van der Waals surface area contributed by atoms with Crippen molar-refractivity contribution in [1.29, 1.82) is 5.26 Å². The molecule has 0 unspecified atom stereocenters. The number of hydrogen-bond acceptors (Lipinski definition) is 6. The van der Waals surface area contributed by atoms with E-state index in [0.29, 0.717) is 11.4 Å². The van der Waals surface area contributed by atoms with Crippen LogP contribution in [0.5, 0.6) is 0 Å². The van der Waals surface area contributed by atoms with Crippen molar-refractivity contribution in [3.05, 3.63) is 58.0 Å². The van der Waals surface area contributed by atoms with Gasteiger partial charge in [0.05, 0.1) is 4.92 Å². The van der Waals surface area contributed by atoms with Gasteiger partial charge in [-0.3, -0.25) is 10.1 Å². The van der Waals surface area contributed by atoms with E-state index in [0.717, 1.165) is 0 Å². The molecule has 0 spiro atoms. The number of nitrogens with zero attached hydrogens (tertiary/aromatic N) is 4. The van der Waals surface area contributed by atoms with Gasteiger partial charge in [-0.05, 0) is 0 Å². The van der Waals surface area contributed by atoms with Crippen LogP contribution in [0.1, 0.15) is 11.3 Å². The second-order valence-electron chi connectivity index (χ2n) is 3.60. The lowest BCUT2D eigenvalue weighted by Gasteiger charge is -2.06. The van der Waals surface area contributed by atoms with Gasteiger partial charge in [0.1, 0.15) is 6.07 Å². The van der Waals surface area contributed by atoms with Crippen LogP contribution in [0.25, 0.3) is 0 Å². The topological polar surface area (TPSA) is 105 Å². The molecule has 1 N–H and O–H groups in total. The maximum Gasteiger partial charge on any atom is 0.274 e. The van der Waals surface area contributed by atoms with E-state index in [9.17, 15) is 10.1 Å². The van der Waals surface area contributed by atoms with E-state index in [1.807, 2.05) is 6.07 Å². The second-order valence-corrected chi connectivity index (χ2v) is 3.60. The lowest BCUT2D eigenvalue weighted by molar-refractivity contribution is -0.385. The Balaban J connectivity index is 2.20. The Bertz CT molecular complexity index is 651. The molecule has 0 saturated heterocycles. The van der Waals surface area contributed by atoms with Crippen molar-refractivity contribution in [1.82, 2.24) is 9.97 Å². The predicted molar refractivity (Wildman–Crippen MR) is 67.2 cm³/mol. The highest BCUT2D eigenvalue weighted by Crippen LogP contribution is 2.19. The van der Waals surface area contributed by atoms with Crippen LogP contribution in [0, 0.1) is 21.4 Å². The van der Waals surface area contributed by atoms with Gasteiger partial charge in [0.2, 0.25) is 0 Å². The molecule has 2 aromatic rings. The number of para-hydroxylation sites is 1. The van der Waals surface area contributed by atoms with Gasteiger partial charge in [0, 0.05) is 30.6 Å². The Labute approximate surface area is 108 Å². The average Bonchev–Trinajstić information content (AvgIpc) is 2.45. The van der Waals surface area contributed by atoms with Gasteiger partial charge >= 0.3 is 0 Å². The minimum Gasteiger partial charge on any atom is -0.363 e. The van der Waals surface area contributed by atoms with Crippen LogP contribution in [0.4, 0.5) is 11.5 Å². The molecule has 1 heterocycles. The molecule has 7 heteroatoms. The minimum absolute atomic E-state index is 0.0254. The van der Waals surface area contributed by atoms with Gasteiger partial charge in [0.25, 0.3) is 5.69 Å². The Morgan fingerprint density at radius 3 is 2.79 bits per heavy atom. The van der Waals surface area contributed by atoms with Crippen LogP contribution < -0.4 is 5.32 Å². The molecule has 0 fully saturated rings. The largest absolute Gasteiger partial charge is 0.363 e. The van der Waals surface area contributed by atoms with E-state index in [4.69, 9.17) is 5.26 Å². The fourth-order valence-electron chi connectivity index (χ4n) is 1.57. The van der Waals surface area contributed by atoms with E-state index in [1.165, 1.54) is 18.5 Å². The lowest BCUT2D eigenvalue weighted by Crippen LogP contribution is -2.06. The quantitative estimate of drug-likeness (QED) is 0.660. The van der Waals surface area contributed by atoms with Gasteiger partial charge in [-0.25, -0.2) is 9.97 Å². The van der Waals surface area contributed by atoms with Crippen molar-refractivity contribution in [3.8, 4) is 6.07 Å². The SMILES string of the molecule is N#Cc1nccnc1NCc1ccccc1[N+](=O)[O-]. The first-order chi connectivity index (χ1) is 9.22. The number of nitrogens with one attached hydrogen (secondary N) is 1. The van der Waals surface area contributed by atoms with Crippen LogP contribution in [-0.4, -0.2) is 14.9 Å². The minimum atomic E-state index is -0.446. The number of aromatic nitrogens is 2. The standard InChI is InChI=1S/C12H9N5O2/c13-7-10-12(15-6-5-14-10)16-8-9-3-1-2-4-11(9)17(18)19/h1-6H,8H2,(H,15,16). The normalized spacial score (nSPS) is 9.63. The van der Waals surface area contributed by atoms with E-state index < -0.39 is 4.92 Å². The summed E-state index contributed by atoms with van der Waals surface area (Å²) < 4.78 is 0. The number of benzene rings is 1. The van der Waals surface area contributed by atoms with Gasteiger partial charge in [-0.15, -0.1) is 0 Å². The van der Waals surface area contributed by atoms with Crippen molar-refractivity contribution >= 4 is 11.5 Å². The highest BCUT2D eigenvalue weighted by Gasteiger charge is 2.12. The summed E-state index contributed by atoms with van der Waals surface area (Å²) in [5, 5.41) is 22.6.